The first kappa shape index (κ1) is 19.7. The predicted molar refractivity (Wildman–Crippen MR) is 94.8 cm³/mol. The molecule has 2 N–H and O–H groups in total. The zero-order valence-electron chi connectivity index (χ0n) is 13.0. The second kappa shape index (κ2) is 7.95. The minimum atomic E-state index is 0. The van der Waals surface area contributed by atoms with E-state index in [0.29, 0.717) is 18.4 Å². The summed E-state index contributed by atoms with van der Waals surface area (Å²) in [5.41, 5.74) is 6.26. The minimum Gasteiger partial charge on any atom is -0.339 e. The Labute approximate surface area is 148 Å². The van der Waals surface area contributed by atoms with E-state index in [0.717, 1.165) is 17.8 Å². The van der Waals surface area contributed by atoms with Crippen molar-refractivity contribution in [3.63, 3.8) is 0 Å². The first-order valence-corrected chi connectivity index (χ1v) is 8.36. The third kappa shape index (κ3) is 3.58. The van der Waals surface area contributed by atoms with Crippen LogP contribution in [0.1, 0.15) is 36.1 Å². The van der Waals surface area contributed by atoms with E-state index in [2.05, 4.69) is 11.9 Å². The molecule has 1 aromatic heterocycles. The fourth-order valence-electron chi connectivity index (χ4n) is 3.82. The smallest absolute Gasteiger partial charge is 0.227 e. The molecule has 7 heteroatoms. The first-order valence-electron chi connectivity index (χ1n) is 7.54. The Morgan fingerprint density at radius 3 is 2.64 bits per heavy atom. The number of thiazole rings is 1. The standard InChI is InChI=1S/C15H23N3OS.2ClH/c1-3-11-7-17-12(20-11)8-18(2)15(19)13-9-4-5-10(6-9)14(13)16;;/h7,9-10,13-14H,3-6,8,16H2,1-2H3;2*1H. The zero-order valence-corrected chi connectivity index (χ0v) is 15.5. The van der Waals surface area contributed by atoms with Crippen LogP contribution in [0.25, 0.3) is 0 Å². The molecule has 1 aromatic rings. The highest BCUT2D eigenvalue weighted by Gasteiger charge is 2.49. The van der Waals surface area contributed by atoms with Gasteiger partial charge in [0, 0.05) is 24.2 Å². The summed E-state index contributed by atoms with van der Waals surface area (Å²) in [4.78, 5) is 20.1. The molecule has 0 radical (unpaired) electrons. The van der Waals surface area contributed by atoms with Gasteiger partial charge in [0.05, 0.1) is 12.5 Å². The molecule has 22 heavy (non-hydrogen) atoms. The Morgan fingerprint density at radius 1 is 1.41 bits per heavy atom. The average Bonchev–Trinajstić information content (AvgIpc) is 3.13. The highest BCUT2D eigenvalue weighted by Crippen LogP contribution is 2.48. The van der Waals surface area contributed by atoms with E-state index in [9.17, 15) is 4.79 Å². The molecular formula is C15H25Cl2N3OS. The van der Waals surface area contributed by atoms with Crippen LogP contribution < -0.4 is 5.73 Å². The van der Waals surface area contributed by atoms with Gasteiger partial charge in [0.15, 0.2) is 0 Å². The third-order valence-corrected chi connectivity index (χ3v) is 6.09. The Bertz CT molecular complexity index is 509. The van der Waals surface area contributed by atoms with Crippen molar-refractivity contribution in [2.45, 2.75) is 45.2 Å². The molecule has 2 aliphatic carbocycles. The molecule has 4 atom stereocenters. The fraction of sp³-hybridized carbons (Fsp3) is 0.733. The number of carbonyl (C=O) groups is 1. The summed E-state index contributed by atoms with van der Waals surface area (Å²) in [6.45, 7) is 2.74. The van der Waals surface area contributed by atoms with Gasteiger partial charge < -0.3 is 10.6 Å². The molecule has 2 saturated carbocycles. The quantitative estimate of drug-likeness (QED) is 0.892. The van der Waals surface area contributed by atoms with E-state index < -0.39 is 0 Å². The SMILES string of the molecule is CCc1cnc(CN(C)C(=O)C2C3CCC(C3)C2N)s1.Cl.Cl. The molecule has 4 unspecified atom stereocenters. The van der Waals surface area contributed by atoms with Gasteiger partial charge in [-0.15, -0.1) is 36.2 Å². The average molecular weight is 366 g/mol. The van der Waals surface area contributed by atoms with Crippen molar-refractivity contribution in [1.82, 2.24) is 9.88 Å². The number of nitrogens with zero attached hydrogens (tertiary/aromatic N) is 2. The van der Waals surface area contributed by atoms with Gasteiger partial charge in [0.25, 0.3) is 0 Å². The van der Waals surface area contributed by atoms with Crippen molar-refractivity contribution in [1.29, 1.82) is 0 Å². The van der Waals surface area contributed by atoms with E-state index in [1.165, 1.54) is 17.7 Å². The normalized spacial score (nSPS) is 28.9. The molecule has 126 valence electrons. The Hall–Kier alpha value is -0.360. The summed E-state index contributed by atoms with van der Waals surface area (Å²) in [7, 11) is 1.88. The summed E-state index contributed by atoms with van der Waals surface area (Å²) < 4.78 is 0. The first-order chi connectivity index (χ1) is 9.60. The lowest BCUT2D eigenvalue weighted by atomic mass is 9.84. The van der Waals surface area contributed by atoms with Gasteiger partial charge in [-0.2, -0.15) is 0 Å². The van der Waals surface area contributed by atoms with Crippen LogP contribution >= 0.6 is 36.2 Å². The lowest BCUT2D eigenvalue weighted by Gasteiger charge is -2.30. The van der Waals surface area contributed by atoms with Gasteiger partial charge in [-0.1, -0.05) is 6.92 Å². The van der Waals surface area contributed by atoms with Crippen molar-refractivity contribution in [3.05, 3.63) is 16.1 Å². The van der Waals surface area contributed by atoms with Crippen LogP contribution in [0.4, 0.5) is 0 Å². The molecular weight excluding hydrogens is 341 g/mol. The number of rotatable bonds is 4. The number of fused-ring (bicyclic) bond motifs is 2. The largest absolute Gasteiger partial charge is 0.339 e. The molecule has 2 fully saturated rings. The summed E-state index contributed by atoms with van der Waals surface area (Å²) in [5, 5.41) is 1.02. The van der Waals surface area contributed by atoms with Gasteiger partial charge >= 0.3 is 0 Å². The van der Waals surface area contributed by atoms with E-state index in [1.807, 2.05) is 18.1 Å². The van der Waals surface area contributed by atoms with E-state index in [4.69, 9.17) is 5.73 Å². The number of amides is 1. The number of aromatic nitrogens is 1. The van der Waals surface area contributed by atoms with E-state index >= 15 is 0 Å². The number of hydrogen-bond donors (Lipinski definition) is 1. The number of nitrogens with two attached hydrogens (primary N) is 1. The van der Waals surface area contributed by atoms with Crippen molar-refractivity contribution < 1.29 is 4.79 Å². The maximum absolute atomic E-state index is 12.6. The second-order valence-corrected chi connectivity index (χ2v) is 7.40. The third-order valence-electron chi connectivity index (χ3n) is 4.96. The Balaban J connectivity index is 0.00000121. The number of carbonyl (C=O) groups excluding carboxylic acids is 1. The molecule has 0 aliphatic heterocycles. The molecule has 4 nitrogen and oxygen atoms in total. The van der Waals surface area contributed by atoms with Crippen molar-refractivity contribution in [2.75, 3.05) is 7.05 Å². The van der Waals surface area contributed by atoms with Crippen LogP contribution in [0.5, 0.6) is 0 Å². The molecule has 2 aliphatic rings. The van der Waals surface area contributed by atoms with Crippen molar-refractivity contribution in [3.8, 4) is 0 Å². The van der Waals surface area contributed by atoms with Gasteiger partial charge in [0.2, 0.25) is 5.91 Å². The summed E-state index contributed by atoms with van der Waals surface area (Å²) in [6.07, 6.45) is 6.47. The number of halogens is 2. The minimum absolute atomic E-state index is 0. The van der Waals surface area contributed by atoms with Crippen molar-refractivity contribution >= 4 is 42.1 Å². The maximum Gasteiger partial charge on any atom is 0.227 e. The molecule has 2 bridgehead atoms. The maximum atomic E-state index is 12.6. The molecule has 0 spiro atoms. The fourth-order valence-corrected chi connectivity index (χ4v) is 4.74. The Kier molecular flexibility index (Phi) is 7.12. The second-order valence-electron chi connectivity index (χ2n) is 6.20. The topological polar surface area (TPSA) is 59.2 Å². The van der Waals surface area contributed by atoms with Crippen LogP contribution in [0.2, 0.25) is 0 Å². The van der Waals surface area contributed by atoms with Gasteiger partial charge in [-0.05, 0) is 37.5 Å². The molecule has 0 saturated heterocycles. The highest BCUT2D eigenvalue weighted by molar-refractivity contribution is 7.11. The summed E-state index contributed by atoms with van der Waals surface area (Å²) in [6, 6.07) is 0.0752. The number of hydrogen-bond acceptors (Lipinski definition) is 4. The monoisotopic (exact) mass is 365 g/mol. The predicted octanol–water partition coefficient (Wildman–Crippen LogP) is 2.88. The lowest BCUT2D eigenvalue weighted by molar-refractivity contribution is -0.137. The summed E-state index contributed by atoms with van der Waals surface area (Å²) in [5.74, 6) is 1.36. The number of aryl methyl sites for hydroxylation is 1. The van der Waals surface area contributed by atoms with E-state index in [1.54, 1.807) is 11.3 Å². The molecule has 1 amide bonds. The zero-order chi connectivity index (χ0) is 14.3. The Morgan fingerprint density at radius 2 is 2.09 bits per heavy atom. The molecule has 0 aromatic carbocycles. The van der Waals surface area contributed by atoms with Crippen molar-refractivity contribution in [2.24, 2.45) is 23.5 Å². The van der Waals surface area contributed by atoms with Crippen LogP contribution in [0, 0.1) is 17.8 Å². The summed E-state index contributed by atoms with van der Waals surface area (Å²) >= 11 is 1.70. The molecule has 3 rings (SSSR count). The lowest BCUT2D eigenvalue weighted by Crippen LogP contribution is -2.45. The highest BCUT2D eigenvalue weighted by atomic mass is 35.5. The van der Waals surface area contributed by atoms with E-state index in [-0.39, 0.29) is 42.7 Å². The van der Waals surface area contributed by atoms with Gasteiger partial charge in [-0.3, -0.25) is 4.79 Å². The molecule has 1 heterocycles. The van der Waals surface area contributed by atoms with Crippen LogP contribution in [-0.4, -0.2) is 28.9 Å². The van der Waals surface area contributed by atoms with Crippen LogP contribution in [0.3, 0.4) is 0 Å². The van der Waals surface area contributed by atoms with Gasteiger partial charge in [0.1, 0.15) is 5.01 Å². The van der Waals surface area contributed by atoms with Crippen LogP contribution in [-0.2, 0) is 17.8 Å². The van der Waals surface area contributed by atoms with Gasteiger partial charge in [-0.25, -0.2) is 4.98 Å². The van der Waals surface area contributed by atoms with Crippen LogP contribution in [0.15, 0.2) is 6.20 Å².